The number of nitrogens with zero attached hydrogens (tertiary/aromatic N) is 6. The number of benzene rings is 3. The Morgan fingerprint density at radius 3 is 2.07 bits per heavy atom. The van der Waals surface area contributed by atoms with Gasteiger partial charge in [0.2, 0.25) is 29.2 Å². The van der Waals surface area contributed by atoms with Gasteiger partial charge in [0, 0.05) is 117 Å². The number of hydrogen-bond donors (Lipinski definition) is 5. The Bertz CT molecular complexity index is 3300. The Balaban J connectivity index is 0.701. The van der Waals surface area contributed by atoms with Crippen molar-refractivity contribution in [3.05, 3.63) is 123 Å². The van der Waals surface area contributed by atoms with Crippen molar-refractivity contribution in [3.63, 3.8) is 0 Å². The molecule has 3 aliphatic rings. The lowest BCUT2D eigenvalue weighted by atomic mass is 9.85. The summed E-state index contributed by atoms with van der Waals surface area (Å²) in [5, 5.41) is 11.8. The van der Waals surface area contributed by atoms with E-state index >= 15 is 0 Å². The number of hydrogen-bond acceptors (Lipinski definition) is 14. The molecule has 0 aliphatic carbocycles. The van der Waals surface area contributed by atoms with E-state index in [0.29, 0.717) is 56.5 Å². The molecule has 5 amide bonds. The molecule has 0 bridgehead atoms. The standard InChI is InChI=1S/C66H86F3N11O8S/c1-44-60(89-43-73-44)48-21-19-46(20-22-48)39-72-63(86)56-37-51(88-45(2)81)42-80(56)64(87)61(65(3,4)5)75-58(83)18-13-11-9-7-8-10-12-17-57(82)70-25-26-77-29-31-78(32-30-77)41-47-15-14-16-49(35-47)50-23-24-55(79-33-27-76(6)28-34-79)54(36-50)74-62(85)52-40-71-59(84)38-53(52)66(67,68)69/h14-16,19-24,35-36,38,40,43,51,56,61H,7-13,17-18,25-34,37,39,41-42H2,1-6H3,(H,70,82)(H,71,84)(H,72,86)(H,74,85)(H,75,83)/t51-,56+,61-/m1/s1. The smallest absolute Gasteiger partial charge is 0.417 e. The Labute approximate surface area is 523 Å². The molecule has 23 heteroatoms. The Hall–Kier alpha value is -7.47. The van der Waals surface area contributed by atoms with Crippen LogP contribution in [0.25, 0.3) is 21.6 Å². The van der Waals surface area contributed by atoms with E-state index < -0.39 is 64.2 Å². The third-order valence-corrected chi connectivity index (χ3v) is 17.8. The van der Waals surface area contributed by atoms with Crippen molar-refractivity contribution in [2.24, 2.45) is 5.41 Å². The first-order chi connectivity index (χ1) is 42.5. The fourth-order valence-electron chi connectivity index (χ4n) is 11.7. The second-order valence-electron chi connectivity index (χ2n) is 24.8. The summed E-state index contributed by atoms with van der Waals surface area (Å²) >= 11 is 1.57. The third-order valence-electron chi connectivity index (χ3n) is 16.8. The number of aromatic amines is 1. The first kappa shape index (κ1) is 67.5. The minimum absolute atomic E-state index is 0.0396. The van der Waals surface area contributed by atoms with Crippen molar-refractivity contribution in [1.82, 2.24) is 45.5 Å². The van der Waals surface area contributed by atoms with E-state index in [1.165, 1.54) is 11.8 Å². The number of amides is 5. The van der Waals surface area contributed by atoms with Gasteiger partial charge in [0.1, 0.15) is 18.2 Å². The molecule has 5 heterocycles. The number of aromatic nitrogens is 2. The zero-order valence-electron chi connectivity index (χ0n) is 52.1. The number of nitrogens with one attached hydrogen (secondary N) is 5. The molecular weight excluding hydrogens is 1160 g/mol. The summed E-state index contributed by atoms with van der Waals surface area (Å²) in [5.41, 5.74) is 4.91. The van der Waals surface area contributed by atoms with E-state index in [-0.39, 0.29) is 43.7 Å². The predicted molar refractivity (Wildman–Crippen MR) is 339 cm³/mol. The van der Waals surface area contributed by atoms with E-state index in [9.17, 15) is 46.7 Å². The zero-order valence-corrected chi connectivity index (χ0v) is 52.9. The topological polar surface area (TPSA) is 222 Å². The van der Waals surface area contributed by atoms with Gasteiger partial charge in [0.25, 0.3) is 5.91 Å². The molecule has 5 aromatic rings. The number of alkyl halides is 3. The number of piperazine rings is 2. The third kappa shape index (κ3) is 19.5. The van der Waals surface area contributed by atoms with Crippen LogP contribution in [0.1, 0.15) is 125 Å². The van der Waals surface area contributed by atoms with Gasteiger partial charge in [-0.2, -0.15) is 13.2 Å². The second kappa shape index (κ2) is 31.3. The number of ether oxygens (including phenoxy) is 1. The molecule has 0 saturated carbocycles. The van der Waals surface area contributed by atoms with E-state index in [4.69, 9.17) is 4.74 Å². The molecule has 5 N–H and O–H groups in total. The number of unbranched alkanes of at least 4 members (excludes halogenated alkanes) is 6. The monoisotopic (exact) mass is 1250 g/mol. The van der Waals surface area contributed by atoms with Crippen molar-refractivity contribution in [2.45, 2.75) is 136 Å². The van der Waals surface area contributed by atoms with Crippen LogP contribution in [0.4, 0.5) is 24.5 Å². The van der Waals surface area contributed by atoms with E-state index in [1.807, 2.05) is 88.8 Å². The quantitative estimate of drug-likeness (QED) is 0.0259. The number of thiazole rings is 1. The molecule has 3 fully saturated rings. The molecule has 3 aromatic carbocycles. The van der Waals surface area contributed by atoms with Gasteiger partial charge in [-0.25, -0.2) is 4.98 Å². The summed E-state index contributed by atoms with van der Waals surface area (Å²) in [7, 11) is 2.02. The number of anilines is 2. The van der Waals surface area contributed by atoms with Gasteiger partial charge in [-0.3, -0.25) is 43.4 Å². The summed E-state index contributed by atoms with van der Waals surface area (Å²) in [6.07, 6.45) is 2.24. The SMILES string of the molecule is CC(=O)O[C@@H]1C[C@@H](C(=O)NCc2ccc(-c3scnc3C)cc2)N(C(=O)[C@@H](NC(=O)CCCCCCCCCC(=O)NCCN2CCN(Cc3cccc(-c4ccc(N5CCN(C)CC5)c(NC(=O)c5c[nH]c(=O)cc5C(F)(F)F)c4)c3)CC2)C(C)(C)C)C1. The van der Waals surface area contributed by atoms with E-state index in [2.05, 4.69) is 63.0 Å². The van der Waals surface area contributed by atoms with Crippen molar-refractivity contribution in [1.29, 1.82) is 0 Å². The summed E-state index contributed by atoms with van der Waals surface area (Å²) in [4.78, 5) is 110. The fraction of sp³-hybridized carbons (Fsp3) is 0.515. The van der Waals surface area contributed by atoms with Crippen LogP contribution in [-0.4, -0.2) is 162 Å². The maximum atomic E-state index is 14.3. The molecule has 0 unspecified atom stereocenters. The maximum Gasteiger partial charge on any atom is 0.417 e. The van der Waals surface area contributed by atoms with Crippen LogP contribution in [0.3, 0.4) is 0 Å². The van der Waals surface area contributed by atoms with Gasteiger partial charge in [0.05, 0.1) is 45.1 Å². The van der Waals surface area contributed by atoms with Crippen molar-refractivity contribution >= 4 is 58.2 Å². The highest BCUT2D eigenvalue weighted by molar-refractivity contribution is 7.13. The van der Waals surface area contributed by atoms with Crippen LogP contribution in [0, 0.1) is 12.3 Å². The van der Waals surface area contributed by atoms with Crippen molar-refractivity contribution in [2.75, 3.05) is 89.3 Å². The minimum atomic E-state index is -4.91. The molecule has 480 valence electrons. The van der Waals surface area contributed by atoms with Crippen LogP contribution in [0.5, 0.6) is 0 Å². The normalized spacial score (nSPS) is 17.3. The summed E-state index contributed by atoms with van der Waals surface area (Å²) in [6.45, 7) is 17.5. The molecular formula is C66H86F3N11O8S. The second-order valence-corrected chi connectivity index (χ2v) is 25.6. The molecule has 19 nitrogen and oxygen atoms in total. The molecule has 3 saturated heterocycles. The van der Waals surface area contributed by atoms with Crippen molar-refractivity contribution < 1.29 is 46.7 Å². The summed E-state index contributed by atoms with van der Waals surface area (Å²) in [6, 6.07) is 20.2. The lowest BCUT2D eigenvalue weighted by Gasteiger charge is -2.35. The number of carbonyl (C=O) groups excluding carboxylic acids is 6. The lowest BCUT2D eigenvalue weighted by molar-refractivity contribution is -0.147. The molecule has 89 heavy (non-hydrogen) atoms. The van der Waals surface area contributed by atoms with Gasteiger partial charge in [0.15, 0.2) is 0 Å². The molecule has 3 atom stereocenters. The number of likely N-dealkylation sites (tertiary alicyclic amines) is 1. The average molecular weight is 1250 g/mol. The van der Waals surface area contributed by atoms with Gasteiger partial charge < -0.3 is 45.7 Å². The van der Waals surface area contributed by atoms with Crippen LogP contribution < -0.4 is 31.7 Å². The van der Waals surface area contributed by atoms with Crippen LogP contribution >= 0.6 is 11.3 Å². The Morgan fingerprint density at radius 1 is 0.764 bits per heavy atom. The first-order valence-electron chi connectivity index (χ1n) is 31.0. The van der Waals surface area contributed by atoms with Crippen molar-refractivity contribution in [3.8, 4) is 21.6 Å². The average Bonchev–Trinajstić information content (AvgIpc) is 2.07. The number of halogens is 3. The van der Waals surface area contributed by atoms with Gasteiger partial charge in [-0.1, -0.05) is 101 Å². The molecule has 2 aromatic heterocycles. The van der Waals surface area contributed by atoms with Crippen LogP contribution in [0.15, 0.2) is 89.3 Å². The number of pyridine rings is 1. The fourth-order valence-corrected chi connectivity index (χ4v) is 12.5. The van der Waals surface area contributed by atoms with Crippen LogP contribution in [0.2, 0.25) is 0 Å². The highest BCUT2D eigenvalue weighted by Gasteiger charge is 2.46. The number of rotatable bonds is 26. The maximum absolute atomic E-state index is 14.3. The molecule has 8 rings (SSSR count). The van der Waals surface area contributed by atoms with Crippen LogP contribution in [-0.2, 0) is 48.0 Å². The van der Waals surface area contributed by atoms with E-state index in [0.717, 1.165) is 129 Å². The Kier molecular flexibility index (Phi) is 23.7. The summed E-state index contributed by atoms with van der Waals surface area (Å²) < 4.78 is 47.4. The summed E-state index contributed by atoms with van der Waals surface area (Å²) in [5.74, 6) is -2.44. The Morgan fingerprint density at radius 2 is 1.42 bits per heavy atom. The van der Waals surface area contributed by atoms with E-state index in [1.54, 1.807) is 17.4 Å². The first-order valence-corrected chi connectivity index (χ1v) is 31.9. The molecule has 3 aliphatic heterocycles. The molecule has 0 radical (unpaired) electrons. The number of carbonyl (C=O) groups is 6. The number of H-pyrrole nitrogens is 1. The minimum Gasteiger partial charge on any atom is -0.461 e. The van der Waals surface area contributed by atoms with Gasteiger partial charge in [-0.15, -0.1) is 11.3 Å². The highest BCUT2D eigenvalue weighted by Crippen LogP contribution is 2.36. The zero-order chi connectivity index (χ0) is 63.8. The number of likely N-dealkylation sites (N-methyl/N-ethyl adjacent to an activating group) is 1. The highest BCUT2D eigenvalue weighted by atomic mass is 32.1. The largest absolute Gasteiger partial charge is 0.461 e. The number of esters is 1. The van der Waals surface area contributed by atoms with Gasteiger partial charge in [-0.05, 0) is 78.2 Å². The predicted octanol–water partition coefficient (Wildman–Crippen LogP) is 8.62. The van der Waals surface area contributed by atoms with Gasteiger partial charge >= 0.3 is 12.1 Å². The lowest BCUT2D eigenvalue weighted by Crippen LogP contribution is -2.57. The molecule has 0 spiro atoms. The number of aryl methyl sites for hydroxylation is 1.